The third kappa shape index (κ3) is 2.41. The van der Waals surface area contributed by atoms with Crippen LogP contribution >= 0.6 is 0 Å². The van der Waals surface area contributed by atoms with Gasteiger partial charge in [0.15, 0.2) is 0 Å². The quantitative estimate of drug-likeness (QED) is 0.581. The van der Waals surface area contributed by atoms with Gasteiger partial charge in [-0.05, 0) is 12.8 Å². The Morgan fingerprint density at radius 1 is 1.55 bits per heavy atom. The van der Waals surface area contributed by atoms with Crippen molar-refractivity contribution in [2.24, 2.45) is 5.73 Å². The van der Waals surface area contributed by atoms with E-state index in [9.17, 15) is 8.42 Å². The van der Waals surface area contributed by atoms with Crippen LogP contribution in [0.2, 0.25) is 0 Å². The summed E-state index contributed by atoms with van der Waals surface area (Å²) in [5.41, 5.74) is 5.43. The van der Waals surface area contributed by atoms with Crippen molar-refractivity contribution in [3.8, 4) is 0 Å². The number of nitrogens with two attached hydrogens (primary N) is 1. The van der Waals surface area contributed by atoms with E-state index in [1.165, 1.54) is 7.05 Å². The zero-order valence-electron chi connectivity index (χ0n) is 6.28. The fourth-order valence-corrected chi connectivity index (χ4v) is 1.52. The first kappa shape index (κ1) is 8.92. The van der Waals surface area contributed by atoms with E-state index in [0.717, 1.165) is 0 Å². The molecule has 0 spiro atoms. The van der Waals surface area contributed by atoms with Gasteiger partial charge < -0.3 is 5.73 Å². The molecule has 5 nitrogen and oxygen atoms in total. The molecule has 66 valence electrons. The monoisotopic (exact) mass is 180 g/mol. The van der Waals surface area contributed by atoms with Crippen LogP contribution in [0.5, 0.6) is 0 Å². The zero-order chi connectivity index (χ0) is 8.48. The molecule has 0 atom stereocenters. The predicted octanol–water partition coefficient (Wildman–Crippen LogP) is -1.04. The highest BCUT2D eigenvalue weighted by Gasteiger charge is 2.30. The van der Waals surface area contributed by atoms with Gasteiger partial charge >= 0.3 is 10.3 Å². The van der Waals surface area contributed by atoms with E-state index < -0.39 is 10.3 Å². The number of nitrogens with one attached hydrogen (secondary N) is 1. The lowest BCUT2D eigenvalue weighted by molar-refractivity contribution is 0.106. The molecule has 3 N–H and O–H groups in total. The van der Waals surface area contributed by atoms with Gasteiger partial charge in [0, 0.05) is 13.1 Å². The Hall–Kier alpha value is -0.170. The highest BCUT2D eigenvalue weighted by atomic mass is 32.2. The van der Waals surface area contributed by atoms with Crippen molar-refractivity contribution in [2.45, 2.75) is 25.0 Å². The van der Waals surface area contributed by atoms with Gasteiger partial charge in [0.1, 0.15) is 0 Å². The van der Waals surface area contributed by atoms with Gasteiger partial charge in [0.2, 0.25) is 0 Å². The molecule has 1 aliphatic rings. The summed E-state index contributed by atoms with van der Waals surface area (Å²) in [6.45, 7) is 0. The largest absolute Gasteiger partial charge is 0.335 e. The molecule has 1 saturated carbocycles. The first-order valence-corrected chi connectivity index (χ1v) is 4.81. The van der Waals surface area contributed by atoms with Gasteiger partial charge in [-0.15, -0.1) is 0 Å². The molecular formula is C5H12N2O3S. The van der Waals surface area contributed by atoms with Gasteiger partial charge in [-0.1, -0.05) is 0 Å². The average Bonchev–Trinajstić information content (AvgIpc) is 1.84. The minimum Gasteiger partial charge on any atom is -0.328 e. The second-order valence-corrected chi connectivity index (χ2v) is 4.12. The molecule has 0 unspecified atom stereocenters. The molecule has 11 heavy (non-hydrogen) atoms. The van der Waals surface area contributed by atoms with Gasteiger partial charge in [0.05, 0.1) is 6.10 Å². The highest BCUT2D eigenvalue weighted by Crippen LogP contribution is 2.22. The smallest absolute Gasteiger partial charge is 0.328 e. The summed E-state index contributed by atoms with van der Waals surface area (Å²) in [6, 6.07) is 0.104. The Bertz CT molecular complexity index is 220. The minimum absolute atomic E-state index is 0.104. The first-order valence-electron chi connectivity index (χ1n) is 3.41. The Kier molecular flexibility index (Phi) is 2.48. The molecule has 0 aromatic carbocycles. The van der Waals surface area contributed by atoms with E-state index in [0.29, 0.717) is 12.8 Å². The fraction of sp³-hybridized carbons (Fsp3) is 1.00. The first-order chi connectivity index (χ1) is 5.03. The Balaban J connectivity index is 2.33. The maximum atomic E-state index is 10.7. The SMILES string of the molecule is CNS(=O)(=O)OC1CC(N)C1. The Morgan fingerprint density at radius 2 is 2.09 bits per heavy atom. The molecular weight excluding hydrogens is 168 g/mol. The van der Waals surface area contributed by atoms with Crippen molar-refractivity contribution >= 4 is 10.3 Å². The van der Waals surface area contributed by atoms with Crippen molar-refractivity contribution in [2.75, 3.05) is 7.05 Å². The molecule has 0 heterocycles. The molecule has 1 aliphatic carbocycles. The highest BCUT2D eigenvalue weighted by molar-refractivity contribution is 7.84. The van der Waals surface area contributed by atoms with Crippen LogP contribution in [0.25, 0.3) is 0 Å². The summed E-state index contributed by atoms with van der Waals surface area (Å²) in [4.78, 5) is 0. The molecule has 0 aromatic heterocycles. The molecule has 0 bridgehead atoms. The van der Waals surface area contributed by atoms with Crippen molar-refractivity contribution in [3.63, 3.8) is 0 Å². The summed E-state index contributed by atoms with van der Waals surface area (Å²) < 4.78 is 28.2. The van der Waals surface area contributed by atoms with E-state index in [1.807, 2.05) is 0 Å². The van der Waals surface area contributed by atoms with Gasteiger partial charge in [-0.3, -0.25) is 4.18 Å². The molecule has 1 fully saturated rings. The van der Waals surface area contributed by atoms with Gasteiger partial charge in [-0.25, -0.2) is 0 Å². The standard InChI is InChI=1S/C5H12N2O3S/c1-7-11(8,9)10-5-2-4(6)3-5/h4-5,7H,2-3,6H2,1H3. The van der Waals surface area contributed by atoms with Crippen LogP contribution in [0.1, 0.15) is 12.8 Å². The van der Waals surface area contributed by atoms with Crippen molar-refractivity contribution < 1.29 is 12.6 Å². The van der Waals surface area contributed by atoms with Crippen LogP contribution in [-0.4, -0.2) is 27.6 Å². The number of hydrogen-bond acceptors (Lipinski definition) is 4. The normalized spacial score (nSPS) is 31.5. The van der Waals surface area contributed by atoms with Gasteiger partial charge in [0.25, 0.3) is 0 Å². The van der Waals surface area contributed by atoms with E-state index in [-0.39, 0.29) is 12.1 Å². The molecule has 0 saturated heterocycles. The van der Waals surface area contributed by atoms with Crippen molar-refractivity contribution in [1.29, 1.82) is 0 Å². The molecule has 0 aliphatic heterocycles. The van der Waals surface area contributed by atoms with Crippen LogP contribution in [0.15, 0.2) is 0 Å². The predicted molar refractivity (Wildman–Crippen MR) is 40.1 cm³/mol. The third-order valence-electron chi connectivity index (χ3n) is 1.64. The number of hydrogen-bond donors (Lipinski definition) is 2. The lowest BCUT2D eigenvalue weighted by Crippen LogP contribution is -2.44. The summed E-state index contributed by atoms with van der Waals surface area (Å²) in [5, 5.41) is 0. The maximum Gasteiger partial charge on any atom is 0.335 e. The van der Waals surface area contributed by atoms with Gasteiger partial charge in [-0.2, -0.15) is 13.1 Å². The maximum absolute atomic E-state index is 10.7. The fourth-order valence-electron chi connectivity index (χ4n) is 0.912. The molecule has 0 amide bonds. The van der Waals surface area contributed by atoms with E-state index >= 15 is 0 Å². The lowest BCUT2D eigenvalue weighted by Gasteiger charge is -2.30. The second-order valence-electron chi connectivity index (χ2n) is 2.61. The van der Waals surface area contributed by atoms with Crippen LogP contribution in [0.4, 0.5) is 0 Å². The van der Waals surface area contributed by atoms with Crippen molar-refractivity contribution in [3.05, 3.63) is 0 Å². The lowest BCUT2D eigenvalue weighted by atomic mass is 9.91. The summed E-state index contributed by atoms with van der Waals surface area (Å²) >= 11 is 0. The topological polar surface area (TPSA) is 81.4 Å². The van der Waals surface area contributed by atoms with Crippen LogP contribution in [0, 0.1) is 0 Å². The van der Waals surface area contributed by atoms with E-state index in [2.05, 4.69) is 8.91 Å². The Morgan fingerprint density at radius 3 is 2.45 bits per heavy atom. The second kappa shape index (κ2) is 3.06. The van der Waals surface area contributed by atoms with Crippen LogP contribution in [-0.2, 0) is 14.5 Å². The Labute approximate surface area is 66.2 Å². The van der Waals surface area contributed by atoms with Crippen molar-refractivity contribution in [1.82, 2.24) is 4.72 Å². The zero-order valence-corrected chi connectivity index (χ0v) is 7.10. The minimum atomic E-state index is -3.51. The van der Waals surface area contributed by atoms with Crippen LogP contribution in [0.3, 0.4) is 0 Å². The van der Waals surface area contributed by atoms with Crippen LogP contribution < -0.4 is 10.5 Å². The summed E-state index contributed by atoms with van der Waals surface area (Å²) in [5.74, 6) is 0. The van der Waals surface area contributed by atoms with E-state index in [1.54, 1.807) is 0 Å². The average molecular weight is 180 g/mol. The summed E-state index contributed by atoms with van der Waals surface area (Å²) in [7, 11) is -2.20. The molecule has 1 rings (SSSR count). The molecule has 6 heteroatoms. The molecule has 0 aromatic rings. The van der Waals surface area contributed by atoms with E-state index in [4.69, 9.17) is 5.73 Å². The molecule has 0 radical (unpaired) electrons. The summed E-state index contributed by atoms with van der Waals surface area (Å²) in [6.07, 6.45) is 1.03. The number of rotatable bonds is 3. The third-order valence-corrected chi connectivity index (χ3v) is 2.67.